The maximum absolute atomic E-state index is 12.6. The predicted octanol–water partition coefficient (Wildman–Crippen LogP) is 4.62. The molecule has 0 atom stereocenters. The van der Waals surface area contributed by atoms with Crippen molar-refractivity contribution in [3.63, 3.8) is 0 Å². The van der Waals surface area contributed by atoms with Crippen LogP contribution in [0.25, 0.3) is 11.1 Å². The zero-order valence-electron chi connectivity index (χ0n) is 20.2. The summed E-state index contributed by atoms with van der Waals surface area (Å²) < 4.78 is 5.50. The van der Waals surface area contributed by atoms with E-state index in [0.717, 1.165) is 35.1 Å². The van der Waals surface area contributed by atoms with Gasteiger partial charge in [-0.2, -0.15) is 0 Å². The molecule has 7 heteroatoms. The lowest BCUT2D eigenvalue weighted by Gasteiger charge is -2.36. The maximum atomic E-state index is 12.6. The van der Waals surface area contributed by atoms with Crippen LogP contribution in [-0.4, -0.2) is 41.8 Å². The van der Waals surface area contributed by atoms with Gasteiger partial charge in [-0.25, -0.2) is 9.59 Å². The summed E-state index contributed by atoms with van der Waals surface area (Å²) in [5.41, 5.74) is 3.72. The number of benzene rings is 2. The third kappa shape index (κ3) is 5.24. The van der Waals surface area contributed by atoms with Crippen LogP contribution in [0.5, 0.6) is 0 Å². The fraction of sp³-hybridized carbons (Fsp3) is 0.393. The number of hydrogen-bond acceptors (Lipinski definition) is 4. The fourth-order valence-electron chi connectivity index (χ4n) is 4.99. The van der Waals surface area contributed by atoms with Gasteiger partial charge in [0.25, 0.3) is 0 Å². The topological polar surface area (TPSA) is 105 Å². The van der Waals surface area contributed by atoms with Gasteiger partial charge < -0.3 is 20.5 Å². The van der Waals surface area contributed by atoms with Gasteiger partial charge in [-0.05, 0) is 60.8 Å². The molecule has 0 aromatic heterocycles. The highest BCUT2D eigenvalue weighted by molar-refractivity contribution is 5.97. The Morgan fingerprint density at radius 2 is 1.60 bits per heavy atom. The van der Waals surface area contributed by atoms with Crippen molar-refractivity contribution in [3.05, 3.63) is 71.3 Å². The molecule has 7 nitrogen and oxygen atoms in total. The average molecular weight is 477 g/mol. The largest absolute Gasteiger partial charge is 0.480 e. The standard InChI is InChI=1S/C28H32N2O5/c1-18-11-14-28(15-12-18,26(32)33)30-25(31)19(2)13-16-29-27(34)35-17-24-22-9-5-3-7-20(22)21-8-4-6-10-23(21)24/h3-10,13,18,24H,11-12,14-17H2,1-2H3,(H,29,34)(H,30,31)(H,32,33)/b19-13+. The molecule has 2 aliphatic rings. The zero-order chi connectivity index (χ0) is 25.0. The first-order valence-corrected chi connectivity index (χ1v) is 12.1. The lowest BCUT2D eigenvalue weighted by atomic mass is 9.77. The van der Waals surface area contributed by atoms with Gasteiger partial charge in [0.15, 0.2) is 0 Å². The van der Waals surface area contributed by atoms with Gasteiger partial charge in [-0.15, -0.1) is 0 Å². The SMILES string of the molecule is C/C(=C\CNC(=O)OCC1c2ccccc2-c2ccccc21)C(=O)NC1(C(=O)O)CCC(C)CC1. The van der Waals surface area contributed by atoms with E-state index in [2.05, 4.69) is 41.8 Å². The van der Waals surface area contributed by atoms with Gasteiger partial charge in [0.05, 0.1) is 0 Å². The van der Waals surface area contributed by atoms with Gasteiger partial charge in [0, 0.05) is 18.0 Å². The molecule has 184 valence electrons. The van der Waals surface area contributed by atoms with Gasteiger partial charge in [-0.1, -0.05) is 61.5 Å². The molecular formula is C28H32N2O5. The molecule has 0 bridgehead atoms. The van der Waals surface area contributed by atoms with Crippen molar-refractivity contribution in [1.29, 1.82) is 0 Å². The lowest BCUT2D eigenvalue weighted by Crippen LogP contribution is -2.56. The van der Waals surface area contributed by atoms with Crippen molar-refractivity contribution in [1.82, 2.24) is 10.6 Å². The van der Waals surface area contributed by atoms with Crippen LogP contribution in [-0.2, 0) is 14.3 Å². The average Bonchev–Trinajstić information content (AvgIpc) is 3.17. The number of alkyl carbamates (subject to hydrolysis) is 1. The Morgan fingerprint density at radius 1 is 1.03 bits per heavy atom. The Kier molecular flexibility index (Phi) is 7.24. The second-order valence-corrected chi connectivity index (χ2v) is 9.62. The quantitative estimate of drug-likeness (QED) is 0.506. The monoisotopic (exact) mass is 476 g/mol. The van der Waals surface area contributed by atoms with Crippen molar-refractivity contribution < 1.29 is 24.2 Å². The molecule has 2 amide bonds. The third-order valence-electron chi connectivity index (χ3n) is 7.25. The molecule has 0 heterocycles. The number of fused-ring (bicyclic) bond motifs is 3. The highest BCUT2D eigenvalue weighted by atomic mass is 16.5. The highest BCUT2D eigenvalue weighted by Gasteiger charge is 2.42. The van der Waals surface area contributed by atoms with E-state index in [4.69, 9.17) is 4.74 Å². The molecule has 0 spiro atoms. The van der Waals surface area contributed by atoms with Crippen LogP contribution in [0.1, 0.15) is 56.6 Å². The summed E-state index contributed by atoms with van der Waals surface area (Å²) >= 11 is 0. The Balaban J connectivity index is 1.29. The smallest absolute Gasteiger partial charge is 0.407 e. The summed E-state index contributed by atoms with van der Waals surface area (Å²) in [7, 11) is 0. The number of rotatable bonds is 7. The Labute approximate surface area is 205 Å². The summed E-state index contributed by atoms with van der Waals surface area (Å²) in [5.74, 6) is -1.00. The molecule has 3 N–H and O–H groups in total. The van der Waals surface area contributed by atoms with E-state index < -0.39 is 23.5 Å². The van der Waals surface area contributed by atoms with Crippen LogP contribution in [0.2, 0.25) is 0 Å². The van der Waals surface area contributed by atoms with E-state index >= 15 is 0 Å². The van der Waals surface area contributed by atoms with Crippen molar-refractivity contribution in [2.45, 2.75) is 51.0 Å². The molecule has 1 fully saturated rings. The number of carboxylic acids is 1. The van der Waals surface area contributed by atoms with Crippen molar-refractivity contribution in [2.24, 2.45) is 5.92 Å². The van der Waals surface area contributed by atoms with E-state index in [-0.39, 0.29) is 19.1 Å². The second-order valence-electron chi connectivity index (χ2n) is 9.62. The molecule has 0 radical (unpaired) electrons. The van der Waals surface area contributed by atoms with Gasteiger partial charge in [0.1, 0.15) is 12.1 Å². The molecule has 0 saturated heterocycles. The minimum Gasteiger partial charge on any atom is -0.480 e. The van der Waals surface area contributed by atoms with Crippen LogP contribution in [0.4, 0.5) is 4.79 Å². The Hall–Kier alpha value is -3.61. The number of ether oxygens (including phenoxy) is 1. The van der Waals surface area contributed by atoms with E-state index in [9.17, 15) is 19.5 Å². The van der Waals surface area contributed by atoms with Gasteiger partial charge in [-0.3, -0.25) is 4.79 Å². The molecular weight excluding hydrogens is 444 g/mol. The number of carbonyl (C=O) groups excluding carboxylic acids is 2. The summed E-state index contributed by atoms with van der Waals surface area (Å²) in [6, 6.07) is 16.3. The highest BCUT2D eigenvalue weighted by Crippen LogP contribution is 2.44. The number of amides is 2. The molecule has 35 heavy (non-hydrogen) atoms. The van der Waals surface area contributed by atoms with Crippen molar-refractivity contribution >= 4 is 18.0 Å². The van der Waals surface area contributed by atoms with Gasteiger partial charge in [0.2, 0.25) is 5.91 Å². The second kappa shape index (κ2) is 10.3. The third-order valence-corrected chi connectivity index (χ3v) is 7.25. The first-order chi connectivity index (χ1) is 16.8. The van der Waals surface area contributed by atoms with E-state index in [0.29, 0.717) is 24.3 Å². The first-order valence-electron chi connectivity index (χ1n) is 12.1. The van der Waals surface area contributed by atoms with Crippen molar-refractivity contribution in [2.75, 3.05) is 13.2 Å². The minimum absolute atomic E-state index is 0.0263. The lowest BCUT2D eigenvalue weighted by molar-refractivity contribution is -0.149. The van der Waals surface area contributed by atoms with Crippen molar-refractivity contribution in [3.8, 4) is 11.1 Å². The van der Waals surface area contributed by atoms with Crippen LogP contribution >= 0.6 is 0 Å². The van der Waals surface area contributed by atoms with E-state index in [1.807, 2.05) is 24.3 Å². The Bertz CT molecular complexity index is 1100. The summed E-state index contributed by atoms with van der Waals surface area (Å²) in [6.07, 6.45) is 3.36. The number of carboxylic acid groups (broad SMARTS) is 1. The van der Waals surface area contributed by atoms with Crippen LogP contribution in [0, 0.1) is 5.92 Å². The maximum Gasteiger partial charge on any atom is 0.407 e. The molecule has 2 aromatic carbocycles. The van der Waals surface area contributed by atoms with E-state index in [1.165, 1.54) is 0 Å². The number of hydrogen-bond donors (Lipinski definition) is 3. The fourth-order valence-corrected chi connectivity index (χ4v) is 4.99. The molecule has 1 saturated carbocycles. The number of aliphatic carboxylic acids is 1. The summed E-state index contributed by atoms with van der Waals surface area (Å²) in [5, 5.41) is 15.1. The Morgan fingerprint density at radius 3 is 2.17 bits per heavy atom. The predicted molar refractivity (Wildman–Crippen MR) is 133 cm³/mol. The summed E-state index contributed by atoms with van der Waals surface area (Å²) in [6.45, 7) is 4.01. The molecule has 2 aliphatic carbocycles. The number of nitrogens with one attached hydrogen (secondary N) is 2. The normalized spacial score (nSPS) is 21.5. The van der Waals surface area contributed by atoms with Crippen LogP contribution in [0.15, 0.2) is 60.2 Å². The zero-order valence-corrected chi connectivity index (χ0v) is 20.2. The molecule has 0 unspecified atom stereocenters. The molecule has 0 aliphatic heterocycles. The minimum atomic E-state index is -1.22. The first kappa shape index (κ1) is 24.5. The molecule has 4 rings (SSSR count). The number of carbonyl (C=O) groups is 3. The molecule has 2 aromatic rings. The van der Waals surface area contributed by atoms with Crippen LogP contribution < -0.4 is 10.6 Å². The summed E-state index contributed by atoms with van der Waals surface area (Å²) in [4.78, 5) is 36.8. The van der Waals surface area contributed by atoms with Gasteiger partial charge >= 0.3 is 12.1 Å². The van der Waals surface area contributed by atoms with E-state index in [1.54, 1.807) is 13.0 Å². The van der Waals surface area contributed by atoms with Crippen LogP contribution in [0.3, 0.4) is 0 Å².